The zero-order chi connectivity index (χ0) is 22.6. The average molecular weight is 470 g/mol. The molecule has 0 bridgehead atoms. The van der Waals surface area contributed by atoms with Gasteiger partial charge in [0.15, 0.2) is 5.13 Å². The quantitative estimate of drug-likeness (QED) is 0.604. The van der Waals surface area contributed by atoms with E-state index >= 15 is 0 Å². The van der Waals surface area contributed by atoms with Crippen molar-refractivity contribution in [2.45, 2.75) is 18.2 Å². The van der Waals surface area contributed by atoms with Crippen LogP contribution in [0.4, 0.5) is 5.13 Å². The number of hydrogen-bond acceptors (Lipinski definition) is 9. The molecule has 1 saturated heterocycles. The van der Waals surface area contributed by atoms with Crippen LogP contribution in [-0.2, 0) is 30.7 Å². The number of nitrogens with zero attached hydrogens (tertiary/aromatic N) is 2. The van der Waals surface area contributed by atoms with Crippen molar-refractivity contribution in [2.24, 2.45) is 0 Å². The lowest BCUT2D eigenvalue weighted by Crippen LogP contribution is -2.40. The molecule has 0 unspecified atom stereocenters. The average Bonchev–Trinajstić information content (AvgIpc) is 3.13. The molecule has 2 aromatic rings. The number of morpholine rings is 1. The summed E-state index contributed by atoms with van der Waals surface area (Å²) >= 11 is 1.01. The summed E-state index contributed by atoms with van der Waals surface area (Å²) < 4.78 is 42.6. The van der Waals surface area contributed by atoms with E-state index in [4.69, 9.17) is 9.47 Å². The maximum atomic E-state index is 13.1. The standard InChI is InChI=1S/C19H23N3O7S2/c1-12-17(18(24)28-3)30-19(20-12)21-16(23)11-13-4-5-14(27-2)15(10-13)31(25,26)22-6-8-29-9-7-22/h4-5,10H,6-9,11H2,1-3H3,(H,20,21,23). The Balaban J connectivity index is 1.78. The van der Waals surface area contributed by atoms with Crippen LogP contribution in [-0.4, -0.2) is 70.1 Å². The predicted octanol–water partition coefficient (Wildman–Crippen LogP) is 1.45. The maximum Gasteiger partial charge on any atom is 0.350 e. The summed E-state index contributed by atoms with van der Waals surface area (Å²) in [6.07, 6.45) is -0.0815. The molecule has 1 aromatic carbocycles. The van der Waals surface area contributed by atoms with Crippen molar-refractivity contribution >= 4 is 38.4 Å². The summed E-state index contributed by atoms with van der Waals surface area (Å²) in [5.74, 6) is -0.720. The summed E-state index contributed by atoms with van der Waals surface area (Å²) in [5, 5.41) is 2.90. The fourth-order valence-corrected chi connectivity index (χ4v) is 5.55. The second-order valence-corrected chi connectivity index (χ2v) is 9.56. The highest BCUT2D eigenvalue weighted by molar-refractivity contribution is 7.89. The Kier molecular flexibility index (Phi) is 7.26. The third-order valence-electron chi connectivity index (χ3n) is 4.59. The molecule has 1 aliphatic heterocycles. The van der Waals surface area contributed by atoms with Crippen LogP contribution in [0.3, 0.4) is 0 Å². The molecule has 1 aromatic heterocycles. The normalized spacial score (nSPS) is 14.8. The summed E-state index contributed by atoms with van der Waals surface area (Å²) in [7, 11) is -1.14. The molecule has 31 heavy (non-hydrogen) atoms. The first-order valence-corrected chi connectivity index (χ1v) is 11.6. The minimum absolute atomic E-state index is 0.000251. The molecule has 1 amide bonds. The highest BCUT2D eigenvalue weighted by atomic mass is 32.2. The van der Waals surface area contributed by atoms with Gasteiger partial charge in [0.2, 0.25) is 15.9 Å². The fourth-order valence-electron chi connectivity index (χ4n) is 3.04. The number of rotatable bonds is 7. The molecule has 1 aliphatic rings. The Labute approximate surface area is 184 Å². The zero-order valence-corrected chi connectivity index (χ0v) is 19.0. The number of benzene rings is 1. The van der Waals surface area contributed by atoms with Crippen molar-refractivity contribution in [1.82, 2.24) is 9.29 Å². The third-order valence-corrected chi connectivity index (χ3v) is 7.57. The van der Waals surface area contributed by atoms with Crippen LogP contribution in [0.2, 0.25) is 0 Å². The molecule has 168 valence electrons. The zero-order valence-electron chi connectivity index (χ0n) is 17.3. The smallest absolute Gasteiger partial charge is 0.350 e. The number of ether oxygens (including phenoxy) is 3. The molecular formula is C19H23N3O7S2. The number of esters is 1. The summed E-state index contributed by atoms with van der Waals surface area (Å²) in [4.78, 5) is 28.7. The minimum atomic E-state index is -3.80. The number of methoxy groups -OCH3 is 2. The number of carbonyl (C=O) groups excluding carboxylic acids is 2. The number of anilines is 1. The Morgan fingerprint density at radius 1 is 1.26 bits per heavy atom. The monoisotopic (exact) mass is 469 g/mol. The van der Waals surface area contributed by atoms with Crippen LogP contribution >= 0.6 is 11.3 Å². The van der Waals surface area contributed by atoms with E-state index in [0.717, 1.165) is 11.3 Å². The molecule has 12 heteroatoms. The maximum absolute atomic E-state index is 13.1. The number of amides is 1. The van der Waals surface area contributed by atoms with Crippen molar-refractivity contribution < 1.29 is 32.2 Å². The minimum Gasteiger partial charge on any atom is -0.495 e. The highest BCUT2D eigenvalue weighted by Crippen LogP contribution is 2.29. The number of aromatic nitrogens is 1. The fraction of sp³-hybridized carbons (Fsp3) is 0.421. The molecule has 0 atom stereocenters. The first kappa shape index (κ1) is 23.1. The molecule has 3 rings (SSSR count). The molecule has 1 fully saturated rings. The van der Waals surface area contributed by atoms with Gasteiger partial charge in [-0.3, -0.25) is 4.79 Å². The number of sulfonamides is 1. The van der Waals surface area contributed by atoms with Gasteiger partial charge >= 0.3 is 5.97 Å². The van der Waals surface area contributed by atoms with Gasteiger partial charge in [-0.15, -0.1) is 0 Å². The van der Waals surface area contributed by atoms with Gasteiger partial charge in [0.05, 0.1) is 39.5 Å². The third kappa shape index (κ3) is 5.21. The van der Waals surface area contributed by atoms with Gasteiger partial charge in [-0.05, 0) is 24.6 Å². The first-order valence-electron chi connectivity index (χ1n) is 9.36. The van der Waals surface area contributed by atoms with Crippen LogP contribution in [0.15, 0.2) is 23.1 Å². The van der Waals surface area contributed by atoms with Crippen molar-refractivity contribution in [1.29, 1.82) is 0 Å². The van der Waals surface area contributed by atoms with E-state index in [1.807, 2.05) is 0 Å². The molecule has 10 nitrogen and oxygen atoms in total. The van der Waals surface area contributed by atoms with Crippen molar-refractivity contribution in [3.63, 3.8) is 0 Å². The predicted molar refractivity (Wildman–Crippen MR) is 113 cm³/mol. The summed E-state index contributed by atoms with van der Waals surface area (Å²) in [5.41, 5.74) is 0.946. The summed E-state index contributed by atoms with van der Waals surface area (Å²) in [6, 6.07) is 4.60. The lowest BCUT2D eigenvalue weighted by atomic mass is 10.1. The molecule has 0 spiro atoms. The molecular weight excluding hydrogens is 446 g/mol. The van der Waals surface area contributed by atoms with E-state index < -0.39 is 21.9 Å². The molecule has 0 radical (unpaired) electrons. The topological polar surface area (TPSA) is 124 Å². The van der Waals surface area contributed by atoms with Crippen molar-refractivity contribution in [3.8, 4) is 5.75 Å². The van der Waals surface area contributed by atoms with Gasteiger partial charge in [0, 0.05) is 13.1 Å². The van der Waals surface area contributed by atoms with Crippen LogP contribution < -0.4 is 10.1 Å². The lowest BCUT2D eigenvalue weighted by Gasteiger charge is -2.26. The van der Waals surface area contributed by atoms with Gasteiger partial charge in [0.1, 0.15) is 15.5 Å². The Hall–Kier alpha value is -2.54. The number of hydrogen-bond donors (Lipinski definition) is 1. The number of carbonyl (C=O) groups is 2. The number of aryl methyl sites for hydroxylation is 1. The van der Waals surface area contributed by atoms with E-state index in [1.165, 1.54) is 30.7 Å². The van der Waals surface area contributed by atoms with E-state index in [2.05, 4.69) is 15.0 Å². The summed E-state index contributed by atoms with van der Waals surface area (Å²) in [6.45, 7) is 2.80. The van der Waals surface area contributed by atoms with Gasteiger partial charge in [-0.2, -0.15) is 4.31 Å². The van der Waals surface area contributed by atoms with Crippen LogP contribution in [0.5, 0.6) is 5.75 Å². The number of nitrogens with one attached hydrogen (secondary N) is 1. The second kappa shape index (κ2) is 9.73. The Morgan fingerprint density at radius 2 is 1.97 bits per heavy atom. The van der Waals surface area contributed by atoms with E-state index in [1.54, 1.807) is 13.0 Å². The van der Waals surface area contributed by atoms with Gasteiger partial charge in [-0.25, -0.2) is 18.2 Å². The Bertz CT molecular complexity index is 1080. The van der Waals surface area contributed by atoms with Crippen molar-refractivity contribution in [3.05, 3.63) is 34.3 Å². The first-order chi connectivity index (χ1) is 14.8. The van der Waals surface area contributed by atoms with Crippen LogP contribution in [0.25, 0.3) is 0 Å². The molecule has 0 saturated carbocycles. The highest BCUT2D eigenvalue weighted by Gasteiger charge is 2.29. The second-order valence-electron chi connectivity index (χ2n) is 6.65. The van der Waals surface area contributed by atoms with Gasteiger partial charge < -0.3 is 19.5 Å². The van der Waals surface area contributed by atoms with Crippen LogP contribution in [0, 0.1) is 6.92 Å². The Morgan fingerprint density at radius 3 is 2.61 bits per heavy atom. The molecule has 2 heterocycles. The van der Waals surface area contributed by atoms with E-state index in [-0.39, 0.29) is 35.3 Å². The molecule has 0 aliphatic carbocycles. The van der Waals surface area contributed by atoms with E-state index in [9.17, 15) is 18.0 Å². The SMILES string of the molecule is COC(=O)c1sc(NC(=O)Cc2ccc(OC)c(S(=O)(=O)N3CCOCC3)c2)nc1C. The number of thiazole rings is 1. The largest absolute Gasteiger partial charge is 0.495 e. The van der Waals surface area contributed by atoms with Crippen LogP contribution in [0.1, 0.15) is 20.9 Å². The molecule has 1 N–H and O–H groups in total. The van der Waals surface area contributed by atoms with E-state index in [0.29, 0.717) is 29.3 Å². The van der Waals surface area contributed by atoms with Gasteiger partial charge in [-0.1, -0.05) is 17.4 Å². The lowest BCUT2D eigenvalue weighted by molar-refractivity contribution is -0.115. The van der Waals surface area contributed by atoms with Crippen molar-refractivity contribution in [2.75, 3.05) is 45.8 Å². The van der Waals surface area contributed by atoms with Gasteiger partial charge in [0.25, 0.3) is 0 Å².